The second-order valence-corrected chi connectivity index (χ2v) is 4.44. The van der Waals surface area contributed by atoms with Crippen molar-refractivity contribution in [3.8, 4) is 5.75 Å². The SMILES string of the molecule is CCOc1ccc(Cl)cc1C(Br)C(C)=O. The highest BCUT2D eigenvalue weighted by atomic mass is 79.9. The number of alkyl halides is 1. The van der Waals surface area contributed by atoms with E-state index in [2.05, 4.69) is 15.9 Å². The first kappa shape index (κ1) is 12.5. The molecule has 15 heavy (non-hydrogen) atoms. The van der Waals surface area contributed by atoms with Gasteiger partial charge in [0.15, 0.2) is 0 Å². The maximum Gasteiger partial charge on any atom is 0.147 e. The van der Waals surface area contributed by atoms with E-state index in [1.54, 1.807) is 18.2 Å². The van der Waals surface area contributed by atoms with Crippen LogP contribution >= 0.6 is 27.5 Å². The Hall–Kier alpha value is -0.540. The molecular formula is C11H12BrClO2. The van der Waals surface area contributed by atoms with Crippen molar-refractivity contribution in [2.24, 2.45) is 0 Å². The van der Waals surface area contributed by atoms with E-state index in [0.29, 0.717) is 17.4 Å². The molecule has 0 aliphatic carbocycles. The molecule has 0 aliphatic heterocycles. The normalized spacial score (nSPS) is 12.3. The number of ether oxygens (including phenoxy) is 1. The number of Topliss-reactive ketones (excluding diaryl/α,β-unsaturated/α-hetero) is 1. The predicted octanol–water partition coefficient (Wildman–Crippen LogP) is 3.76. The van der Waals surface area contributed by atoms with E-state index >= 15 is 0 Å². The van der Waals surface area contributed by atoms with E-state index in [0.717, 1.165) is 5.56 Å². The first-order valence-corrected chi connectivity index (χ1v) is 5.92. The summed E-state index contributed by atoms with van der Waals surface area (Å²) in [5.41, 5.74) is 0.775. The van der Waals surface area contributed by atoms with Gasteiger partial charge in [0.05, 0.1) is 6.61 Å². The fourth-order valence-corrected chi connectivity index (χ4v) is 1.76. The number of ketones is 1. The summed E-state index contributed by atoms with van der Waals surface area (Å²) in [4.78, 5) is 10.9. The van der Waals surface area contributed by atoms with E-state index in [9.17, 15) is 4.79 Å². The molecule has 0 fully saturated rings. The molecule has 0 amide bonds. The Morgan fingerprint density at radius 2 is 2.27 bits per heavy atom. The van der Waals surface area contributed by atoms with Gasteiger partial charge in [0.25, 0.3) is 0 Å². The number of halogens is 2. The van der Waals surface area contributed by atoms with Gasteiger partial charge in [-0.1, -0.05) is 27.5 Å². The van der Waals surface area contributed by atoms with Crippen molar-refractivity contribution >= 4 is 33.3 Å². The Kier molecular flexibility index (Phi) is 4.61. The van der Waals surface area contributed by atoms with Crippen LogP contribution < -0.4 is 4.74 Å². The second-order valence-electron chi connectivity index (χ2n) is 3.09. The van der Waals surface area contributed by atoms with Crippen molar-refractivity contribution in [2.75, 3.05) is 6.61 Å². The molecular weight excluding hydrogens is 279 g/mol. The molecule has 0 radical (unpaired) electrons. The summed E-state index contributed by atoms with van der Waals surface area (Å²) < 4.78 is 5.42. The van der Waals surface area contributed by atoms with Gasteiger partial charge < -0.3 is 4.74 Å². The quantitative estimate of drug-likeness (QED) is 0.790. The van der Waals surface area contributed by atoms with E-state index < -0.39 is 0 Å². The number of rotatable bonds is 4. The zero-order chi connectivity index (χ0) is 11.4. The molecule has 0 saturated heterocycles. The van der Waals surface area contributed by atoms with Crippen LogP contribution in [0, 0.1) is 0 Å². The number of carbonyl (C=O) groups excluding carboxylic acids is 1. The highest BCUT2D eigenvalue weighted by molar-refractivity contribution is 9.09. The summed E-state index contributed by atoms with van der Waals surface area (Å²) in [5.74, 6) is 0.720. The lowest BCUT2D eigenvalue weighted by Gasteiger charge is -2.13. The van der Waals surface area contributed by atoms with Crippen molar-refractivity contribution in [1.29, 1.82) is 0 Å². The third kappa shape index (κ3) is 3.21. The van der Waals surface area contributed by atoms with Crippen LogP contribution in [-0.2, 0) is 4.79 Å². The van der Waals surface area contributed by atoms with E-state index in [1.165, 1.54) is 6.92 Å². The fourth-order valence-electron chi connectivity index (χ4n) is 1.22. The topological polar surface area (TPSA) is 26.3 Å². The minimum absolute atomic E-state index is 0.0261. The molecule has 4 heteroatoms. The molecule has 0 N–H and O–H groups in total. The lowest BCUT2D eigenvalue weighted by Crippen LogP contribution is -2.04. The molecule has 1 unspecified atom stereocenters. The maximum absolute atomic E-state index is 11.3. The Balaban J connectivity index is 3.11. The molecule has 82 valence electrons. The third-order valence-electron chi connectivity index (χ3n) is 1.90. The Bertz CT molecular complexity index is 366. The van der Waals surface area contributed by atoms with E-state index in [4.69, 9.17) is 16.3 Å². The van der Waals surface area contributed by atoms with Crippen LogP contribution in [0.5, 0.6) is 5.75 Å². The molecule has 1 aromatic carbocycles. The van der Waals surface area contributed by atoms with Crippen LogP contribution in [0.15, 0.2) is 18.2 Å². The highest BCUT2D eigenvalue weighted by Gasteiger charge is 2.17. The van der Waals surface area contributed by atoms with Gasteiger partial charge in [-0.15, -0.1) is 0 Å². The van der Waals surface area contributed by atoms with Crippen LogP contribution in [0.4, 0.5) is 0 Å². The molecule has 1 rings (SSSR count). The van der Waals surface area contributed by atoms with Crippen molar-refractivity contribution < 1.29 is 9.53 Å². The number of hydrogen-bond acceptors (Lipinski definition) is 2. The molecule has 2 nitrogen and oxygen atoms in total. The first-order chi connectivity index (χ1) is 7.06. The summed E-state index contributed by atoms with van der Waals surface area (Å²) in [5, 5.41) is 0.596. The largest absolute Gasteiger partial charge is 0.494 e. The predicted molar refractivity (Wildman–Crippen MR) is 65.0 cm³/mol. The maximum atomic E-state index is 11.3. The van der Waals surface area contributed by atoms with Gasteiger partial charge in [0.2, 0.25) is 0 Å². The van der Waals surface area contributed by atoms with Gasteiger partial charge in [-0.25, -0.2) is 0 Å². The van der Waals surface area contributed by atoms with Gasteiger partial charge in [0.1, 0.15) is 16.4 Å². The van der Waals surface area contributed by atoms with Gasteiger partial charge >= 0.3 is 0 Å². The summed E-state index contributed by atoms with van der Waals surface area (Å²) in [6.07, 6.45) is 0. The van der Waals surface area contributed by atoms with Gasteiger partial charge in [0, 0.05) is 10.6 Å². The van der Waals surface area contributed by atoms with Crippen molar-refractivity contribution in [3.63, 3.8) is 0 Å². The zero-order valence-electron chi connectivity index (χ0n) is 8.59. The van der Waals surface area contributed by atoms with Crippen LogP contribution in [0.3, 0.4) is 0 Å². The Morgan fingerprint density at radius 1 is 1.60 bits per heavy atom. The molecule has 0 aliphatic rings. The summed E-state index contributed by atoms with van der Waals surface area (Å²) in [7, 11) is 0. The average molecular weight is 292 g/mol. The Labute approximate surface area is 103 Å². The lowest BCUT2D eigenvalue weighted by atomic mass is 10.1. The molecule has 0 heterocycles. The van der Waals surface area contributed by atoms with Crippen LogP contribution in [0.2, 0.25) is 5.02 Å². The monoisotopic (exact) mass is 290 g/mol. The van der Waals surface area contributed by atoms with Gasteiger partial charge in [-0.05, 0) is 32.0 Å². The number of carbonyl (C=O) groups is 1. The van der Waals surface area contributed by atoms with E-state index in [-0.39, 0.29) is 10.6 Å². The summed E-state index contributed by atoms with van der Waals surface area (Å²) in [6, 6.07) is 5.27. The average Bonchev–Trinajstić information content (AvgIpc) is 2.20. The zero-order valence-corrected chi connectivity index (χ0v) is 10.9. The summed E-state index contributed by atoms with van der Waals surface area (Å²) >= 11 is 9.20. The molecule has 0 aromatic heterocycles. The van der Waals surface area contributed by atoms with Crippen LogP contribution in [0.25, 0.3) is 0 Å². The minimum Gasteiger partial charge on any atom is -0.494 e. The number of hydrogen-bond donors (Lipinski definition) is 0. The van der Waals surface area contributed by atoms with Crippen LogP contribution in [-0.4, -0.2) is 12.4 Å². The molecule has 1 atom stereocenters. The van der Waals surface area contributed by atoms with E-state index in [1.807, 2.05) is 6.92 Å². The highest BCUT2D eigenvalue weighted by Crippen LogP contribution is 2.33. The first-order valence-electron chi connectivity index (χ1n) is 4.63. The molecule has 0 saturated carbocycles. The second kappa shape index (κ2) is 5.52. The lowest BCUT2D eigenvalue weighted by molar-refractivity contribution is -0.116. The minimum atomic E-state index is -0.363. The molecule has 1 aromatic rings. The molecule has 0 bridgehead atoms. The Morgan fingerprint density at radius 3 is 2.80 bits per heavy atom. The van der Waals surface area contributed by atoms with Gasteiger partial charge in [-0.3, -0.25) is 4.79 Å². The third-order valence-corrected chi connectivity index (χ3v) is 3.27. The number of benzene rings is 1. The molecule has 0 spiro atoms. The van der Waals surface area contributed by atoms with Crippen LogP contribution in [0.1, 0.15) is 24.2 Å². The summed E-state index contributed by atoms with van der Waals surface area (Å²) in [6.45, 7) is 3.98. The van der Waals surface area contributed by atoms with Crippen molar-refractivity contribution in [3.05, 3.63) is 28.8 Å². The van der Waals surface area contributed by atoms with Crippen molar-refractivity contribution in [1.82, 2.24) is 0 Å². The fraction of sp³-hybridized carbons (Fsp3) is 0.364. The van der Waals surface area contributed by atoms with Crippen molar-refractivity contribution in [2.45, 2.75) is 18.7 Å². The smallest absolute Gasteiger partial charge is 0.147 e. The van der Waals surface area contributed by atoms with Gasteiger partial charge in [-0.2, -0.15) is 0 Å². The standard InChI is InChI=1S/C11H12BrClO2/c1-3-15-10-5-4-8(13)6-9(10)11(12)7(2)14/h4-6,11H,3H2,1-2H3.